The lowest BCUT2D eigenvalue weighted by Crippen LogP contribution is -2.33. The summed E-state index contributed by atoms with van der Waals surface area (Å²) in [6, 6.07) is 13.0. The van der Waals surface area contributed by atoms with Gasteiger partial charge in [0.1, 0.15) is 5.82 Å². The summed E-state index contributed by atoms with van der Waals surface area (Å²) >= 11 is 0. The summed E-state index contributed by atoms with van der Waals surface area (Å²) in [5.74, 6) is 0.988. The molecule has 3 nitrogen and oxygen atoms in total. The number of nitrogens with zero attached hydrogens (tertiary/aromatic N) is 1. The number of benzene rings is 2. The molecule has 1 amide bonds. The second-order valence-electron chi connectivity index (χ2n) is 7.79. The molecule has 26 heavy (non-hydrogen) atoms. The van der Waals surface area contributed by atoms with Crippen LogP contribution in [-0.2, 0) is 6.42 Å². The molecule has 1 heterocycles. The summed E-state index contributed by atoms with van der Waals surface area (Å²) in [4.78, 5) is 15.0. The summed E-state index contributed by atoms with van der Waals surface area (Å²) in [6.07, 6.45) is 3.04. The van der Waals surface area contributed by atoms with Crippen molar-refractivity contribution in [1.82, 2.24) is 4.90 Å². The quantitative estimate of drug-likeness (QED) is 0.915. The Bertz CT molecular complexity index is 831. The van der Waals surface area contributed by atoms with Gasteiger partial charge < -0.3 is 10.6 Å². The molecule has 2 fully saturated rings. The van der Waals surface area contributed by atoms with E-state index >= 15 is 0 Å². The van der Waals surface area contributed by atoms with E-state index in [-0.39, 0.29) is 17.8 Å². The van der Waals surface area contributed by atoms with Crippen LogP contribution in [0.15, 0.2) is 42.5 Å². The summed E-state index contributed by atoms with van der Waals surface area (Å²) in [6.45, 7) is 3.15. The molecule has 2 N–H and O–H groups in total. The largest absolute Gasteiger partial charge is 0.337 e. The van der Waals surface area contributed by atoms with Crippen LogP contribution in [0.3, 0.4) is 0 Å². The van der Waals surface area contributed by atoms with E-state index in [2.05, 4.69) is 0 Å². The fourth-order valence-electron chi connectivity index (χ4n) is 4.06. The molecule has 0 aromatic heterocycles. The third-order valence-electron chi connectivity index (χ3n) is 5.81. The third-order valence-corrected chi connectivity index (χ3v) is 5.81. The van der Waals surface area contributed by atoms with Gasteiger partial charge >= 0.3 is 0 Å². The zero-order valence-corrected chi connectivity index (χ0v) is 15.1. The minimum absolute atomic E-state index is 0.0479. The Morgan fingerprint density at radius 3 is 2.69 bits per heavy atom. The summed E-state index contributed by atoms with van der Waals surface area (Å²) < 4.78 is 13.9. The second kappa shape index (κ2) is 6.84. The summed E-state index contributed by atoms with van der Waals surface area (Å²) in [7, 11) is 0. The summed E-state index contributed by atoms with van der Waals surface area (Å²) in [5, 5.41) is 0. The van der Waals surface area contributed by atoms with Crippen LogP contribution in [0.4, 0.5) is 4.39 Å². The van der Waals surface area contributed by atoms with Gasteiger partial charge in [-0.2, -0.15) is 0 Å². The maximum atomic E-state index is 13.9. The normalized spacial score (nSPS) is 22.7. The monoisotopic (exact) mass is 352 g/mol. The first-order valence-corrected chi connectivity index (χ1v) is 9.40. The molecule has 1 saturated heterocycles. The van der Waals surface area contributed by atoms with Crippen LogP contribution in [0.2, 0.25) is 0 Å². The van der Waals surface area contributed by atoms with Gasteiger partial charge in [-0.05, 0) is 66.8 Å². The van der Waals surface area contributed by atoms with E-state index in [0.717, 1.165) is 17.7 Å². The molecular weight excluding hydrogens is 327 g/mol. The Morgan fingerprint density at radius 2 is 1.96 bits per heavy atom. The zero-order valence-electron chi connectivity index (χ0n) is 15.1. The number of carbonyl (C=O) groups is 1. The molecule has 2 aromatic carbocycles. The van der Waals surface area contributed by atoms with E-state index in [0.29, 0.717) is 35.9 Å². The minimum atomic E-state index is -0.205. The first kappa shape index (κ1) is 17.2. The highest BCUT2D eigenvalue weighted by Crippen LogP contribution is 2.41. The van der Waals surface area contributed by atoms with Gasteiger partial charge in [0, 0.05) is 24.7 Å². The number of likely N-dealkylation sites (tertiary alicyclic amines) is 1. The van der Waals surface area contributed by atoms with Crippen LogP contribution in [-0.4, -0.2) is 29.9 Å². The van der Waals surface area contributed by atoms with Crippen molar-refractivity contribution in [1.29, 1.82) is 0 Å². The lowest BCUT2D eigenvalue weighted by Gasteiger charge is -2.18. The number of halogens is 1. The Kier molecular flexibility index (Phi) is 4.53. The van der Waals surface area contributed by atoms with Crippen LogP contribution < -0.4 is 5.73 Å². The molecule has 0 radical (unpaired) electrons. The Hall–Kier alpha value is -2.20. The molecular formula is C22H25FN2O. The molecule has 2 aliphatic rings. The fourth-order valence-corrected chi connectivity index (χ4v) is 4.06. The molecule has 1 aliphatic carbocycles. The third kappa shape index (κ3) is 3.38. The van der Waals surface area contributed by atoms with E-state index in [1.807, 2.05) is 35.2 Å². The predicted octanol–water partition coefficient (Wildman–Crippen LogP) is 3.53. The molecule has 2 atom stereocenters. The molecule has 2 aromatic rings. The van der Waals surface area contributed by atoms with E-state index in [1.54, 1.807) is 19.1 Å². The number of carbonyl (C=O) groups excluding carboxylic acids is 1. The van der Waals surface area contributed by atoms with E-state index < -0.39 is 0 Å². The first-order chi connectivity index (χ1) is 12.5. The number of rotatable bonds is 4. The minimum Gasteiger partial charge on any atom is -0.337 e. The van der Waals surface area contributed by atoms with Crippen molar-refractivity contribution in [3.63, 3.8) is 0 Å². The average Bonchev–Trinajstić information content (AvgIpc) is 3.40. The van der Waals surface area contributed by atoms with Gasteiger partial charge in [-0.3, -0.25) is 4.79 Å². The lowest BCUT2D eigenvalue weighted by atomic mass is 9.98. The maximum absolute atomic E-state index is 13.9. The standard InChI is InChI=1S/C22H25FN2O/c1-14-6-7-15(11-20(14)23)10-17-4-2-3-5-18(17)22(26)25-12-19(16-8-9-16)21(24)13-25/h2-7,11,16,19,21H,8-10,12-13,24H2,1H3/t19-,21+/m1/s1. The Labute approximate surface area is 154 Å². The SMILES string of the molecule is Cc1ccc(Cc2ccccc2C(=O)N2C[C@H](C3CC3)[C@@H](N)C2)cc1F. The van der Waals surface area contributed by atoms with Crippen LogP contribution in [0.5, 0.6) is 0 Å². The van der Waals surface area contributed by atoms with E-state index in [1.165, 1.54) is 12.8 Å². The highest BCUT2D eigenvalue weighted by atomic mass is 19.1. The Balaban J connectivity index is 1.55. The molecule has 1 aliphatic heterocycles. The van der Waals surface area contributed by atoms with Gasteiger partial charge in [0.15, 0.2) is 0 Å². The van der Waals surface area contributed by atoms with Crippen molar-refractivity contribution in [2.45, 2.75) is 32.2 Å². The lowest BCUT2D eigenvalue weighted by molar-refractivity contribution is 0.0784. The number of hydrogen-bond donors (Lipinski definition) is 1. The smallest absolute Gasteiger partial charge is 0.254 e. The molecule has 0 bridgehead atoms. The predicted molar refractivity (Wildman–Crippen MR) is 100 cm³/mol. The number of aryl methyl sites for hydroxylation is 1. The molecule has 4 rings (SSSR count). The zero-order chi connectivity index (χ0) is 18.3. The van der Waals surface area contributed by atoms with Crippen molar-refractivity contribution in [3.8, 4) is 0 Å². The molecule has 1 saturated carbocycles. The first-order valence-electron chi connectivity index (χ1n) is 9.40. The van der Waals surface area contributed by atoms with Gasteiger partial charge in [-0.1, -0.05) is 30.3 Å². The van der Waals surface area contributed by atoms with Crippen LogP contribution in [0, 0.1) is 24.6 Å². The van der Waals surface area contributed by atoms with Crippen molar-refractivity contribution in [2.24, 2.45) is 17.6 Å². The average molecular weight is 352 g/mol. The van der Waals surface area contributed by atoms with Crippen molar-refractivity contribution in [2.75, 3.05) is 13.1 Å². The van der Waals surface area contributed by atoms with Crippen LogP contribution in [0.1, 0.15) is 39.9 Å². The van der Waals surface area contributed by atoms with Crippen molar-refractivity contribution < 1.29 is 9.18 Å². The van der Waals surface area contributed by atoms with Crippen LogP contribution in [0.25, 0.3) is 0 Å². The molecule has 0 spiro atoms. The van der Waals surface area contributed by atoms with Gasteiger partial charge in [-0.25, -0.2) is 4.39 Å². The molecule has 0 unspecified atom stereocenters. The van der Waals surface area contributed by atoms with Crippen molar-refractivity contribution in [3.05, 3.63) is 70.5 Å². The van der Waals surface area contributed by atoms with Crippen molar-refractivity contribution >= 4 is 5.91 Å². The van der Waals surface area contributed by atoms with Gasteiger partial charge in [0.2, 0.25) is 0 Å². The molecule has 136 valence electrons. The van der Waals surface area contributed by atoms with Gasteiger partial charge in [-0.15, -0.1) is 0 Å². The van der Waals surface area contributed by atoms with E-state index in [4.69, 9.17) is 5.73 Å². The highest BCUT2D eigenvalue weighted by Gasteiger charge is 2.42. The number of amides is 1. The highest BCUT2D eigenvalue weighted by molar-refractivity contribution is 5.96. The fraction of sp³-hybridized carbons (Fsp3) is 0.409. The van der Waals surface area contributed by atoms with E-state index in [9.17, 15) is 9.18 Å². The Morgan fingerprint density at radius 1 is 1.19 bits per heavy atom. The maximum Gasteiger partial charge on any atom is 0.254 e. The number of hydrogen-bond acceptors (Lipinski definition) is 2. The van der Waals surface area contributed by atoms with Gasteiger partial charge in [0.25, 0.3) is 5.91 Å². The van der Waals surface area contributed by atoms with Crippen LogP contribution >= 0.6 is 0 Å². The molecule has 4 heteroatoms. The number of nitrogens with two attached hydrogens (primary N) is 1. The van der Waals surface area contributed by atoms with Gasteiger partial charge in [0.05, 0.1) is 0 Å². The summed E-state index contributed by atoms with van der Waals surface area (Å²) in [5.41, 5.74) is 9.43. The second-order valence-corrected chi connectivity index (χ2v) is 7.79. The topological polar surface area (TPSA) is 46.3 Å².